The molecule has 1 aromatic heterocycles. The van der Waals surface area contributed by atoms with E-state index >= 15 is 0 Å². The van der Waals surface area contributed by atoms with Gasteiger partial charge >= 0.3 is 0 Å². The van der Waals surface area contributed by atoms with Crippen molar-refractivity contribution >= 4 is 34.8 Å². The summed E-state index contributed by atoms with van der Waals surface area (Å²) in [5, 5.41) is 3.37. The van der Waals surface area contributed by atoms with Gasteiger partial charge in [0.05, 0.1) is 11.1 Å². The topological polar surface area (TPSA) is 62.3 Å². The Kier molecular flexibility index (Phi) is 4.84. The molecule has 1 atom stereocenters. The molecule has 28 heavy (non-hydrogen) atoms. The summed E-state index contributed by atoms with van der Waals surface area (Å²) in [5.74, 6) is -0.495. The SMILES string of the molecule is CC1Cc2ccccc2N1C(=O)c1cncc(C(=O)Nc2ccc(Cl)cc2)c1. The zero-order valence-electron chi connectivity index (χ0n) is 15.2. The fourth-order valence-corrected chi connectivity index (χ4v) is 3.56. The molecule has 3 aromatic rings. The molecule has 2 aromatic carbocycles. The average Bonchev–Trinajstić information content (AvgIpc) is 3.05. The Morgan fingerprint density at radius 3 is 2.57 bits per heavy atom. The number of anilines is 2. The first-order valence-corrected chi connectivity index (χ1v) is 9.34. The lowest BCUT2D eigenvalue weighted by molar-refractivity contribution is 0.0981. The van der Waals surface area contributed by atoms with Crippen LogP contribution in [0.15, 0.2) is 67.0 Å². The zero-order valence-corrected chi connectivity index (χ0v) is 16.0. The fraction of sp³-hybridized carbons (Fsp3) is 0.136. The Bertz CT molecular complexity index is 1050. The molecular weight excluding hydrogens is 374 g/mol. The van der Waals surface area contributed by atoms with Gasteiger partial charge in [-0.15, -0.1) is 0 Å². The van der Waals surface area contributed by atoms with E-state index in [9.17, 15) is 9.59 Å². The molecule has 5 nitrogen and oxygen atoms in total. The van der Waals surface area contributed by atoms with Crippen LogP contribution in [0.25, 0.3) is 0 Å². The summed E-state index contributed by atoms with van der Waals surface area (Å²) in [4.78, 5) is 31.6. The van der Waals surface area contributed by atoms with Crippen molar-refractivity contribution in [3.05, 3.63) is 88.7 Å². The van der Waals surface area contributed by atoms with Crippen LogP contribution < -0.4 is 10.2 Å². The Morgan fingerprint density at radius 1 is 1.07 bits per heavy atom. The number of pyridine rings is 1. The summed E-state index contributed by atoms with van der Waals surface area (Å²) in [6.45, 7) is 2.02. The molecule has 1 aliphatic heterocycles. The van der Waals surface area contributed by atoms with E-state index in [1.807, 2.05) is 31.2 Å². The fourth-order valence-electron chi connectivity index (χ4n) is 3.43. The summed E-state index contributed by atoms with van der Waals surface area (Å²) in [6.07, 6.45) is 3.75. The van der Waals surface area contributed by atoms with Crippen molar-refractivity contribution < 1.29 is 9.59 Å². The van der Waals surface area contributed by atoms with Gasteiger partial charge in [-0.3, -0.25) is 14.6 Å². The van der Waals surface area contributed by atoms with Crippen molar-refractivity contribution in [1.29, 1.82) is 0 Å². The van der Waals surface area contributed by atoms with E-state index in [4.69, 9.17) is 11.6 Å². The molecule has 6 heteroatoms. The Labute approximate surface area is 168 Å². The first kappa shape index (κ1) is 18.2. The molecule has 2 amide bonds. The smallest absolute Gasteiger partial charge is 0.260 e. The number of hydrogen-bond donors (Lipinski definition) is 1. The quantitative estimate of drug-likeness (QED) is 0.710. The summed E-state index contributed by atoms with van der Waals surface area (Å²) in [6, 6.07) is 16.3. The van der Waals surface area contributed by atoms with Crippen LogP contribution in [0.5, 0.6) is 0 Å². The molecule has 1 N–H and O–H groups in total. The molecule has 0 spiro atoms. The summed E-state index contributed by atoms with van der Waals surface area (Å²) < 4.78 is 0. The van der Waals surface area contributed by atoms with E-state index in [-0.39, 0.29) is 17.9 Å². The number of amides is 2. The molecule has 1 unspecified atom stereocenters. The van der Waals surface area contributed by atoms with E-state index < -0.39 is 0 Å². The number of fused-ring (bicyclic) bond motifs is 1. The van der Waals surface area contributed by atoms with Crippen LogP contribution in [0, 0.1) is 0 Å². The van der Waals surface area contributed by atoms with E-state index in [1.165, 1.54) is 12.4 Å². The number of carbonyl (C=O) groups excluding carboxylic acids is 2. The van der Waals surface area contributed by atoms with Crippen molar-refractivity contribution in [1.82, 2.24) is 4.98 Å². The van der Waals surface area contributed by atoms with Gasteiger partial charge in [0.25, 0.3) is 11.8 Å². The van der Waals surface area contributed by atoms with Crippen LogP contribution in [-0.4, -0.2) is 22.8 Å². The zero-order chi connectivity index (χ0) is 19.7. The van der Waals surface area contributed by atoms with Gasteiger partial charge in [0.1, 0.15) is 0 Å². The molecule has 4 rings (SSSR count). The third-order valence-corrected chi connectivity index (χ3v) is 5.03. The van der Waals surface area contributed by atoms with Crippen molar-refractivity contribution in [3.8, 4) is 0 Å². The van der Waals surface area contributed by atoms with Crippen molar-refractivity contribution in [2.24, 2.45) is 0 Å². The van der Waals surface area contributed by atoms with E-state index in [0.29, 0.717) is 21.8 Å². The molecular formula is C22H18ClN3O2. The number of hydrogen-bond acceptors (Lipinski definition) is 3. The number of carbonyl (C=O) groups is 2. The lowest BCUT2D eigenvalue weighted by Gasteiger charge is -2.22. The van der Waals surface area contributed by atoms with E-state index in [1.54, 1.807) is 35.2 Å². The second kappa shape index (κ2) is 7.44. The highest BCUT2D eigenvalue weighted by atomic mass is 35.5. The van der Waals surface area contributed by atoms with Gasteiger partial charge in [-0.25, -0.2) is 0 Å². The molecule has 0 saturated carbocycles. The van der Waals surface area contributed by atoms with Gasteiger partial charge in [0.15, 0.2) is 0 Å². The van der Waals surface area contributed by atoms with Crippen LogP contribution in [0.3, 0.4) is 0 Å². The number of rotatable bonds is 3. The van der Waals surface area contributed by atoms with Gasteiger partial charge < -0.3 is 10.2 Å². The van der Waals surface area contributed by atoms with Crippen LogP contribution in [0.2, 0.25) is 5.02 Å². The average molecular weight is 392 g/mol. The van der Waals surface area contributed by atoms with Gasteiger partial charge in [0.2, 0.25) is 0 Å². The largest absolute Gasteiger partial charge is 0.322 e. The maximum absolute atomic E-state index is 13.1. The minimum atomic E-state index is -0.334. The van der Waals surface area contributed by atoms with Gasteiger partial charge in [0, 0.05) is 34.8 Å². The van der Waals surface area contributed by atoms with Crippen molar-refractivity contribution in [2.45, 2.75) is 19.4 Å². The minimum Gasteiger partial charge on any atom is -0.322 e. The minimum absolute atomic E-state index is 0.0523. The second-order valence-corrected chi connectivity index (χ2v) is 7.22. The first-order valence-electron chi connectivity index (χ1n) is 8.96. The van der Waals surface area contributed by atoms with Gasteiger partial charge in [-0.05, 0) is 55.3 Å². The number of aromatic nitrogens is 1. The lowest BCUT2D eigenvalue weighted by Crippen LogP contribution is -2.35. The summed E-state index contributed by atoms with van der Waals surface area (Å²) in [5.41, 5.74) is 3.38. The molecule has 0 bridgehead atoms. The van der Waals surface area contributed by atoms with Gasteiger partial charge in [-0.1, -0.05) is 29.8 Å². The Morgan fingerprint density at radius 2 is 1.79 bits per heavy atom. The highest BCUT2D eigenvalue weighted by molar-refractivity contribution is 6.30. The normalized spacial score (nSPS) is 15.2. The molecule has 140 valence electrons. The predicted octanol–water partition coefficient (Wildman–Crippen LogP) is 4.58. The van der Waals surface area contributed by atoms with Crippen LogP contribution in [0.1, 0.15) is 33.2 Å². The molecule has 1 aliphatic rings. The van der Waals surface area contributed by atoms with Crippen LogP contribution >= 0.6 is 11.6 Å². The van der Waals surface area contributed by atoms with Crippen molar-refractivity contribution in [2.75, 3.05) is 10.2 Å². The highest BCUT2D eigenvalue weighted by Gasteiger charge is 2.31. The molecule has 2 heterocycles. The maximum atomic E-state index is 13.1. The second-order valence-electron chi connectivity index (χ2n) is 6.78. The molecule has 0 radical (unpaired) electrons. The van der Waals surface area contributed by atoms with E-state index in [2.05, 4.69) is 10.3 Å². The predicted molar refractivity (Wildman–Crippen MR) is 110 cm³/mol. The number of nitrogens with zero attached hydrogens (tertiary/aromatic N) is 2. The lowest BCUT2D eigenvalue weighted by atomic mass is 10.1. The van der Waals surface area contributed by atoms with E-state index in [0.717, 1.165) is 17.7 Å². The third-order valence-electron chi connectivity index (χ3n) is 4.78. The number of benzene rings is 2. The highest BCUT2D eigenvalue weighted by Crippen LogP contribution is 2.33. The summed E-state index contributed by atoms with van der Waals surface area (Å²) in [7, 11) is 0. The maximum Gasteiger partial charge on any atom is 0.260 e. The number of para-hydroxylation sites is 1. The third kappa shape index (κ3) is 3.49. The molecule has 0 aliphatic carbocycles. The Hall–Kier alpha value is -3.18. The van der Waals surface area contributed by atoms with Crippen LogP contribution in [-0.2, 0) is 6.42 Å². The van der Waals surface area contributed by atoms with Crippen molar-refractivity contribution in [3.63, 3.8) is 0 Å². The number of halogens is 1. The molecule has 0 saturated heterocycles. The van der Waals surface area contributed by atoms with Crippen LogP contribution in [0.4, 0.5) is 11.4 Å². The molecule has 0 fully saturated rings. The number of nitrogens with one attached hydrogen (secondary N) is 1. The Balaban J connectivity index is 1.57. The first-order chi connectivity index (χ1) is 13.5. The summed E-state index contributed by atoms with van der Waals surface area (Å²) >= 11 is 5.87. The van der Waals surface area contributed by atoms with Gasteiger partial charge in [-0.2, -0.15) is 0 Å². The standard InChI is InChI=1S/C22H18ClN3O2/c1-14-10-15-4-2-3-5-20(15)26(14)22(28)17-11-16(12-24-13-17)21(27)25-19-8-6-18(23)7-9-19/h2-9,11-14H,10H2,1H3,(H,25,27). The monoisotopic (exact) mass is 391 g/mol.